The van der Waals surface area contributed by atoms with E-state index in [4.69, 9.17) is 5.11 Å². The number of anilines is 1. The molecule has 172 valence electrons. The van der Waals surface area contributed by atoms with Crippen molar-refractivity contribution in [1.82, 2.24) is 9.62 Å². The van der Waals surface area contributed by atoms with Crippen LogP contribution < -0.4 is 10.2 Å². The fourth-order valence-corrected chi connectivity index (χ4v) is 4.64. The first-order chi connectivity index (χ1) is 15.2. The van der Waals surface area contributed by atoms with Gasteiger partial charge in [0.15, 0.2) is 0 Å². The van der Waals surface area contributed by atoms with Crippen molar-refractivity contribution in [3.05, 3.63) is 59.2 Å². The Balaban J connectivity index is 1.79. The molecule has 1 saturated heterocycles. The lowest BCUT2D eigenvalue weighted by Crippen LogP contribution is -2.33. The van der Waals surface area contributed by atoms with Crippen molar-refractivity contribution >= 4 is 27.6 Å². The lowest BCUT2D eigenvalue weighted by atomic mass is 10.1. The Kier molecular flexibility index (Phi) is 7.52. The van der Waals surface area contributed by atoms with E-state index >= 15 is 0 Å². The number of carboxylic acid groups (broad SMARTS) is 1. The smallest absolute Gasteiger partial charge is 0.335 e. The van der Waals surface area contributed by atoms with E-state index in [1.54, 1.807) is 24.3 Å². The Morgan fingerprint density at radius 3 is 2.28 bits per heavy atom. The molecule has 1 aliphatic rings. The monoisotopic (exact) mass is 459 g/mol. The fourth-order valence-electron chi connectivity index (χ4n) is 3.71. The first kappa shape index (κ1) is 23.7. The van der Waals surface area contributed by atoms with Gasteiger partial charge in [-0.25, -0.2) is 17.5 Å². The van der Waals surface area contributed by atoms with E-state index in [-0.39, 0.29) is 16.4 Å². The maximum absolute atomic E-state index is 13.1. The van der Waals surface area contributed by atoms with Crippen LogP contribution in [-0.2, 0) is 16.4 Å². The Labute approximate surface area is 188 Å². The molecule has 0 radical (unpaired) electrons. The molecule has 0 saturated carbocycles. The minimum Gasteiger partial charge on any atom is -0.478 e. The topological polar surface area (TPSA) is 107 Å². The highest BCUT2D eigenvalue weighted by molar-refractivity contribution is 7.89. The minimum absolute atomic E-state index is 0.0812. The van der Waals surface area contributed by atoms with Gasteiger partial charge in [0, 0.05) is 39.4 Å². The van der Waals surface area contributed by atoms with Crippen LogP contribution >= 0.6 is 0 Å². The number of hydrogen-bond acceptors (Lipinski definition) is 5. The molecule has 2 aromatic rings. The van der Waals surface area contributed by atoms with Crippen LogP contribution in [0.25, 0.3) is 0 Å². The molecule has 2 N–H and O–H groups in total. The summed E-state index contributed by atoms with van der Waals surface area (Å²) in [6.45, 7) is 2.00. The molecule has 0 aliphatic carbocycles. The van der Waals surface area contributed by atoms with Gasteiger partial charge in [0.1, 0.15) is 0 Å². The van der Waals surface area contributed by atoms with Crippen LogP contribution in [0.3, 0.4) is 0 Å². The largest absolute Gasteiger partial charge is 0.478 e. The number of carbonyl (C=O) groups excluding carboxylic acids is 1. The van der Waals surface area contributed by atoms with E-state index in [1.165, 1.54) is 32.3 Å². The van der Waals surface area contributed by atoms with Crippen molar-refractivity contribution in [1.29, 1.82) is 0 Å². The van der Waals surface area contributed by atoms with Crippen LogP contribution in [0.1, 0.15) is 45.5 Å². The third-order valence-electron chi connectivity index (χ3n) is 5.59. The summed E-state index contributed by atoms with van der Waals surface area (Å²) in [6, 6.07) is 11.2. The number of carbonyl (C=O) groups is 2. The van der Waals surface area contributed by atoms with Crippen molar-refractivity contribution in [2.45, 2.75) is 30.6 Å². The van der Waals surface area contributed by atoms with Crippen LogP contribution in [0.5, 0.6) is 0 Å². The van der Waals surface area contributed by atoms with Crippen molar-refractivity contribution in [3.63, 3.8) is 0 Å². The van der Waals surface area contributed by atoms with E-state index in [0.29, 0.717) is 18.5 Å². The molecule has 8 nitrogen and oxygen atoms in total. The lowest BCUT2D eigenvalue weighted by Gasteiger charge is -2.30. The van der Waals surface area contributed by atoms with Crippen molar-refractivity contribution < 1.29 is 23.1 Å². The number of piperidine rings is 1. The van der Waals surface area contributed by atoms with E-state index < -0.39 is 16.0 Å². The number of benzene rings is 2. The third kappa shape index (κ3) is 5.46. The quantitative estimate of drug-likeness (QED) is 0.628. The molecule has 2 aromatic carbocycles. The first-order valence-electron chi connectivity index (χ1n) is 10.6. The molecule has 9 heteroatoms. The van der Waals surface area contributed by atoms with Crippen LogP contribution in [0.2, 0.25) is 0 Å². The molecule has 32 heavy (non-hydrogen) atoms. The second-order valence-electron chi connectivity index (χ2n) is 8.02. The molecule has 0 bridgehead atoms. The van der Waals surface area contributed by atoms with E-state index in [1.807, 2.05) is 0 Å². The maximum Gasteiger partial charge on any atom is 0.335 e. The predicted octanol–water partition coefficient (Wildman–Crippen LogP) is 2.60. The van der Waals surface area contributed by atoms with Crippen LogP contribution in [0, 0.1) is 0 Å². The van der Waals surface area contributed by atoms with Gasteiger partial charge in [-0.3, -0.25) is 4.79 Å². The second kappa shape index (κ2) is 10.1. The van der Waals surface area contributed by atoms with Crippen LogP contribution in [-0.4, -0.2) is 63.4 Å². The van der Waals surface area contributed by atoms with Gasteiger partial charge in [0.05, 0.1) is 16.0 Å². The van der Waals surface area contributed by atoms with Crippen LogP contribution in [0.4, 0.5) is 5.69 Å². The molecule has 0 atom stereocenters. The number of sulfonamides is 1. The molecule has 1 fully saturated rings. The van der Waals surface area contributed by atoms with Gasteiger partial charge in [0.25, 0.3) is 5.91 Å². The molecule has 1 amide bonds. The SMILES string of the molecule is CN(C)S(=O)(=O)c1ccc(N2CCCCC2)c(C(=O)NCCc2ccc(C(=O)O)cc2)c1. The molecule has 1 heterocycles. The van der Waals surface area contributed by atoms with E-state index in [9.17, 15) is 18.0 Å². The van der Waals surface area contributed by atoms with Gasteiger partial charge < -0.3 is 15.3 Å². The first-order valence-corrected chi connectivity index (χ1v) is 12.1. The summed E-state index contributed by atoms with van der Waals surface area (Å²) in [7, 11) is -0.745. The summed E-state index contributed by atoms with van der Waals surface area (Å²) in [6.07, 6.45) is 3.74. The highest BCUT2D eigenvalue weighted by Gasteiger charge is 2.24. The summed E-state index contributed by atoms with van der Waals surface area (Å²) >= 11 is 0. The van der Waals surface area contributed by atoms with Gasteiger partial charge in [-0.05, 0) is 61.6 Å². The molecular formula is C23H29N3O5S. The summed E-state index contributed by atoms with van der Waals surface area (Å²) in [5.41, 5.74) is 2.19. The zero-order valence-electron chi connectivity index (χ0n) is 18.4. The molecule has 0 unspecified atom stereocenters. The number of rotatable bonds is 8. The summed E-state index contributed by atoms with van der Waals surface area (Å²) < 4.78 is 26.3. The average Bonchev–Trinajstić information content (AvgIpc) is 2.79. The Morgan fingerprint density at radius 1 is 1.03 bits per heavy atom. The summed E-state index contributed by atoms with van der Waals surface area (Å²) in [5, 5.41) is 11.9. The number of nitrogens with one attached hydrogen (secondary N) is 1. The Bertz CT molecular complexity index is 1080. The summed E-state index contributed by atoms with van der Waals surface area (Å²) in [4.78, 5) is 26.3. The predicted molar refractivity (Wildman–Crippen MR) is 123 cm³/mol. The number of nitrogens with zero attached hydrogens (tertiary/aromatic N) is 2. The van der Waals surface area contributed by atoms with Gasteiger partial charge in [0.2, 0.25) is 10.0 Å². The highest BCUT2D eigenvalue weighted by Crippen LogP contribution is 2.28. The molecule has 0 aromatic heterocycles. The van der Waals surface area contributed by atoms with Crippen molar-refractivity contribution in [2.75, 3.05) is 38.6 Å². The number of hydrogen-bond donors (Lipinski definition) is 2. The number of amides is 1. The standard InChI is InChI=1S/C23H29N3O5S/c1-25(2)32(30,31)19-10-11-21(26-14-4-3-5-15-26)20(16-19)22(27)24-13-12-17-6-8-18(9-7-17)23(28)29/h6-11,16H,3-5,12-15H2,1-2H3,(H,24,27)(H,28,29). The fraction of sp³-hybridized carbons (Fsp3) is 0.391. The number of carboxylic acids is 1. The molecule has 1 aliphatic heterocycles. The van der Waals surface area contributed by atoms with Gasteiger partial charge >= 0.3 is 5.97 Å². The van der Waals surface area contributed by atoms with Crippen molar-refractivity contribution in [2.24, 2.45) is 0 Å². The zero-order chi connectivity index (χ0) is 23.3. The van der Waals surface area contributed by atoms with Crippen molar-refractivity contribution in [3.8, 4) is 0 Å². The molecule has 0 spiro atoms. The molecular weight excluding hydrogens is 430 g/mol. The molecule has 3 rings (SSSR count). The average molecular weight is 460 g/mol. The summed E-state index contributed by atoms with van der Waals surface area (Å²) in [5.74, 6) is -1.31. The third-order valence-corrected chi connectivity index (χ3v) is 7.40. The number of aromatic carboxylic acids is 1. The van der Waals surface area contributed by atoms with Crippen LogP contribution in [0.15, 0.2) is 47.4 Å². The Morgan fingerprint density at radius 2 is 1.69 bits per heavy atom. The Hall–Kier alpha value is -2.91. The zero-order valence-corrected chi connectivity index (χ0v) is 19.2. The second-order valence-corrected chi connectivity index (χ2v) is 10.2. The van der Waals surface area contributed by atoms with Gasteiger partial charge in [-0.15, -0.1) is 0 Å². The highest BCUT2D eigenvalue weighted by atomic mass is 32.2. The van der Waals surface area contributed by atoms with Gasteiger partial charge in [-0.2, -0.15) is 0 Å². The van der Waals surface area contributed by atoms with Gasteiger partial charge in [-0.1, -0.05) is 12.1 Å². The minimum atomic E-state index is -3.67. The van der Waals surface area contributed by atoms with E-state index in [2.05, 4.69) is 10.2 Å². The normalized spacial score (nSPS) is 14.4. The van der Waals surface area contributed by atoms with E-state index in [0.717, 1.165) is 47.9 Å². The lowest BCUT2D eigenvalue weighted by molar-refractivity contribution is 0.0696. The maximum atomic E-state index is 13.1.